The van der Waals surface area contributed by atoms with Crippen molar-refractivity contribution in [2.45, 2.75) is 38.5 Å². The number of hydrogen-bond donors (Lipinski definition) is 4. The summed E-state index contributed by atoms with van der Waals surface area (Å²) in [6.45, 7) is 2.44. The molecule has 1 aliphatic rings. The highest BCUT2D eigenvalue weighted by Gasteiger charge is 2.52. The summed E-state index contributed by atoms with van der Waals surface area (Å²) in [5, 5.41) is 37.2. The number of hydrogen-bond acceptors (Lipinski definition) is 7. The molecule has 0 aliphatic carbocycles. The van der Waals surface area contributed by atoms with E-state index in [1.54, 1.807) is 59.1 Å². The van der Waals surface area contributed by atoms with Crippen molar-refractivity contribution in [2.24, 2.45) is 5.92 Å². The third kappa shape index (κ3) is 5.56. The van der Waals surface area contributed by atoms with Crippen molar-refractivity contribution in [3.8, 4) is 11.4 Å². The largest absolute Gasteiger partial charge is 0.396 e. The van der Waals surface area contributed by atoms with Gasteiger partial charge in [-0.05, 0) is 66.6 Å². The molecule has 1 aliphatic heterocycles. The van der Waals surface area contributed by atoms with E-state index in [-0.39, 0.29) is 24.3 Å². The summed E-state index contributed by atoms with van der Waals surface area (Å²) in [7, 11) is 0. The van der Waals surface area contributed by atoms with E-state index < -0.39 is 17.4 Å². The van der Waals surface area contributed by atoms with Gasteiger partial charge in [-0.3, -0.25) is 29.3 Å². The number of aliphatic hydroxyl groups is 2. The van der Waals surface area contributed by atoms with Gasteiger partial charge in [0.25, 0.3) is 17.0 Å². The molecule has 0 fully saturated rings. The molecule has 4 N–H and O–H groups in total. The average Bonchev–Trinajstić information content (AvgIpc) is 3.91. The molecule has 7 aromatic rings. The fraction of sp³-hybridized carbons (Fsp3) is 0.205. The third-order valence-electron chi connectivity index (χ3n) is 9.77. The Balaban J connectivity index is 1.14. The van der Waals surface area contributed by atoms with Crippen LogP contribution in [0.15, 0.2) is 119 Å². The molecule has 13 nitrogen and oxygen atoms in total. The van der Waals surface area contributed by atoms with Gasteiger partial charge >= 0.3 is 0 Å². The van der Waals surface area contributed by atoms with Crippen LogP contribution in [0, 0.1) is 5.92 Å². The van der Waals surface area contributed by atoms with Crippen LogP contribution >= 0.6 is 0 Å². The highest BCUT2D eigenvalue weighted by atomic mass is 16.3. The van der Waals surface area contributed by atoms with E-state index in [9.17, 15) is 24.6 Å². The highest BCUT2D eigenvalue weighted by Crippen LogP contribution is 2.46. The molecule has 262 valence electrons. The summed E-state index contributed by atoms with van der Waals surface area (Å²) in [5.41, 5.74) is 2.45. The molecule has 0 saturated heterocycles. The lowest BCUT2D eigenvalue weighted by Crippen LogP contribution is -2.44. The van der Waals surface area contributed by atoms with Crippen molar-refractivity contribution >= 4 is 33.4 Å². The number of nitrogens with zero attached hydrogens (tertiary/aromatic N) is 6. The van der Waals surface area contributed by atoms with Crippen LogP contribution in [0.4, 0.5) is 5.69 Å². The average molecular weight is 697 g/mol. The number of rotatable bonds is 11. The molecule has 8 rings (SSSR count). The molecule has 13 heteroatoms. The van der Waals surface area contributed by atoms with Gasteiger partial charge in [-0.1, -0.05) is 60.7 Å². The van der Waals surface area contributed by atoms with Crippen LogP contribution < -0.4 is 16.0 Å². The number of benzene rings is 4. The molecule has 0 spiro atoms. The van der Waals surface area contributed by atoms with Crippen molar-refractivity contribution in [1.29, 1.82) is 0 Å². The molecule has 52 heavy (non-hydrogen) atoms. The van der Waals surface area contributed by atoms with Crippen LogP contribution in [0.3, 0.4) is 0 Å². The maximum Gasteiger partial charge on any atom is 0.279 e. The number of anilines is 1. The van der Waals surface area contributed by atoms with Gasteiger partial charge in [0.15, 0.2) is 5.60 Å². The van der Waals surface area contributed by atoms with E-state index in [1.165, 1.54) is 9.36 Å². The van der Waals surface area contributed by atoms with Gasteiger partial charge in [-0.2, -0.15) is 0 Å². The minimum atomic E-state index is -1.95. The van der Waals surface area contributed by atoms with E-state index in [0.29, 0.717) is 69.5 Å². The highest BCUT2D eigenvalue weighted by molar-refractivity contribution is 6.07. The first-order chi connectivity index (χ1) is 25.3. The summed E-state index contributed by atoms with van der Waals surface area (Å²) in [4.78, 5) is 42.6. The van der Waals surface area contributed by atoms with Gasteiger partial charge in [0, 0.05) is 37.3 Å². The van der Waals surface area contributed by atoms with E-state index in [4.69, 9.17) is 0 Å². The third-order valence-corrected chi connectivity index (χ3v) is 9.77. The number of nitrogens with one attached hydrogen (secondary N) is 2. The molecule has 0 saturated carbocycles. The molecular weight excluding hydrogens is 660 g/mol. The van der Waals surface area contributed by atoms with Gasteiger partial charge in [-0.15, -0.1) is 5.10 Å². The Morgan fingerprint density at radius 3 is 2.19 bits per heavy atom. The van der Waals surface area contributed by atoms with Crippen LogP contribution in [-0.4, -0.2) is 57.3 Å². The number of para-hydroxylation sites is 2. The lowest BCUT2D eigenvalue weighted by molar-refractivity contribution is -0.139. The molecule has 3 aromatic heterocycles. The zero-order valence-corrected chi connectivity index (χ0v) is 28.3. The number of aliphatic hydroxyl groups excluding tert-OH is 1. The van der Waals surface area contributed by atoms with Crippen molar-refractivity contribution < 1.29 is 15.0 Å². The van der Waals surface area contributed by atoms with Crippen LogP contribution in [0.25, 0.3) is 33.2 Å². The monoisotopic (exact) mass is 696 g/mol. The lowest BCUT2D eigenvalue weighted by Gasteiger charge is -2.28. The molecular formula is C39H36N8O5. The Kier molecular flexibility index (Phi) is 8.28. The van der Waals surface area contributed by atoms with E-state index in [0.717, 1.165) is 5.56 Å². The minimum Gasteiger partial charge on any atom is -0.396 e. The Bertz CT molecular complexity index is 2610. The Morgan fingerprint density at radius 2 is 1.52 bits per heavy atom. The number of carbonyl (C=O) groups is 1. The lowest BCUT2D eigenvalue weighted by atomic mass is 9.82. The first-order valence-corrected chi connectivity index (χ1v) is 17.1. The van der Waals surface area contributed by atoms with E-state index in [2.05, 4.69) is 20.5 Å². The number of aromatic amines is 2. The van der Waals surface area contributed by atoms with Crippen molar-refractivity contribution in [2.75, 3.05) is 11.5 Å². The maximum absolute atomic E-state index is 14.5. The molecule has 0 bridgehead atoms. The fourth-order valence-corrected chi connectivity index (χ4v) is 7.01. The number of fused-ring (bicyclic) bond motifs is 3. The van der Waals surface area contributed by atoms with Crippen molar-refractivity contribution in [3.05, 3.63) is 147 Å². The van der Waals surface area contributed by atoms with Crippen molar-refractivity contribution in [3.63, 3.8) is 0 Å². The second kappa shape index (κ2) is 13.1. The van der Waals surface area contributed by atoms with Crippen LogP contribution in [-0.2, 0) is 29.9 Å². The van der Waals surface area contributed by atoms with Gasteiger partial charge in [0.1, 0.15) is 0 Å². The predicted octanol–water partition coefficient (Wildman–Crippen LogP) is 4.09. The summed E-state index contributed by atoms with van der Waals surface area (Å²) in [6, 6.07) is 27.1. The molecule has 1 amide bonds. The zero-order valence-electron chi connectivity index (χ0n) is 28.3. The molecule has 4 heterocycles. The molecule has 0 radical (unpaired) electrons. The number of amides is 1. The first-order valence-electron chi connectivity index (χ1n) is 17.1. The summed E-state index contributed by atoms with van der Waals surface area (Å²) in [5.74, 6) is -1.16. The normalized spacial score (nSPS) is 16.4. The van der Waals surface area contributed by atoms with Crippen molar-refractivity contribution in [1.82, 2.24) is 34.6 Å². The number of aromatic nitrogens is 7. The van der Waals surface area contributed by atoms with Gasteiger partial charge in [0.05, 0.1) is 51.1 Å². The summed E-state index contributed by atoms with van der Waals surface area (Å²) in [6.07, 6.45) is 6.50. The Hall–Kier alpha value is -6.31. The fourth-order valence-electron chi connectivity index (χ4n) is 7.01. The van der Waals surface area contributed by atoms with E-state index in [1.807, 2.05) is 66.7 Å². The Labute approximate surface area is 296 Å². The topological polar surface area (TPSA) is 167 Å². The van der Waals surface area contributed by atoms with Gasteiger partial charge in [-0.25, -0.2) is 9.36 Å². The predicted molar refractivity (Wildman–Crippen MR) is 197 cm³/mol. The molecule has 4 aromatic carbocycles. The standard InChI is InChI=1S/C39H36N8O5/c1-25(9-6-7-19-44-24-27(18-20-48)40-43-44)39(52)32-22-29(47-37(50)31-13-3-5-15-34(31)42-47)16-17-35(32)45(38(39)51)23-26-10-8-11-28(21-26)46-36(49)30-12-2-4-14-33(30)41-46/h2-6,8-17,21-22,24-25,41-42,48,52H,7,18-20,23H2,1H3/b9-6+/t25-,39+/m0/s1. The van der Waals surface area contributed by atoms with Crippen LogP contribution in [0.2, 0.25) is 0 Å². The first kappa shape index (κ1) is 32.9. The summed E-state index contributed by atoms with van der Waals surface area (Å²) < 4.78 is 4.59. The quantitative estimate of drug-likeness (QED) is 0.148. The van der Waals surface area contributed by atoms with E-state index >= 15 is 0 Å². The minimum absolute atomic E-state index is 0.00655. The van der Waals surface area contributed by atoms with Gasteiger partial charge < -0.3 is 15.1 Å². The molecule has 2 atom stereocenters. The van der Waals surface area contributed by atoms with Crippen LogP contribution in [0.1, 0.15) is 30.2 Å². The second-order valence-electron chi connectivity index (χ2n) is 13.1. The van der Waals surface area contributed by atoms with Gasteiger partial charge in [0.2, 0.25) is 0 Å². The number of allylic oxidation sites excluding steroid dienone is 1. The number of H-pyrrole nitrogens is 2. The van der Waals surface area contributed by atoms with Crippen LogP contribution in [0.5, 0.6) is 0 Å². The molecule has 0 unspecified atom stereocenters. The SMILES string of the molecule is C[C@@H](/C=C/CCn1cc(CCO)nn1)[C@]1(O)C(=O)N(Cc2cccc(-n3[nH]c4ccccc4c3=O)c2)c2ccc(-n3[nH]c4ccccc4c3=O)cc21. The smallest absolute Gasteiger partial charge is 0.279 e. The zero-order chi connectivity index (χ0) is 36.0. The second-order valence-corrected chi connectivity index (χ2v) is 13.1. The number of aryl methyl sites for hydroxylation is 1. The number of carbonyl (C=O) groups excluding carboxylic acids is 1. The Morgan fingerprint density at radius 1 is 0.846 bits per heavy atom. The summed E-state index contributed by atoms with van der Waals surface area (Å²) >= 11 is 0. The maximum atomic E-state index is 14.5.